The first-order valence-electron chi connectivity index (χ1n) is 8.46. The highest BCUT2D eigenvalue weighted by Crippen LogP contribution is 2.21. The van der Waals surface area contributed by atoms with Gasteiger partial charge >= 0.3 is 11.9 Å². The van der Waals surface area contributed by atoms with Crippen LogP contribution in [-0.4, -0.2) is 24.3 Å². The molecule has 2 aromatic rings. The van der Waals surface area contributed by atoms with Crippen molar-refractivity contribution in [1.82, 2.24) is 0 Å². The summed E-state index contributed by atoms with van der Waals surface area (Å²) >= 11 is 0. The number of hydrogen-bond donors (Lipinski definition) is 0. The van der Waals surface area contributed by atoms with E-state index >= 15 is 0 Å². The largest absolute Gasteiger partial charge is 0.491 e. The minimum atomic E-state index is -0.768. The first-order valence-corrected chi connectivity index (χ1v) is 8.46. The van der Waals surface area contributed by atoms with E-state index in [4.69, 9.17) is 18.9 Å². The highest BCUT2D eigenvalue weighted by Gasteiger charge is 2.11. The predicted octanol–water partition coefficient (Wildman–Crippen LogP) is 4.15. The summed E-state index contributed by atoms with van der Waals surface area (Å²) in [7, 11) is 0. The molecule has 6 heteroatoms. The monoisotopic (exact) mass is 370 g/mol. The van der Waals surface area contributed by atoms with Crippen molar-refractivity contribution in [2.45, 2.75) is 33.2 Å². The SMILES string of the molecule is C=CC(=O)OC(C)Oc1ccc(OC(=O)c2ccc(OC(C)C)cc2)cc1. The minimum Gasteiger partial charge on any atom is -0.491 e. The lowest BCUT2D eigenvalue weighted by atomic mass is 10.2. The van der Waals surface area contributed by atoms with E-state index in [1.54, 1.807) is 55.5 Å². The molecule has 1 atom stereocenters. The van der Waals surface area contributed by atoms with Crippen molar-refractivity contribution >= 4 is 11.9 Å². The summed E-state index contributed by atoms with van der Waals surface area (Å²) in [6.45, 7) is 8.76. The Morgan fingerprint density at radius 2 is 1.37 bits per heavy atom. The van der Waals surface area contributed by atoms with Gasteiger partial charge in [0.05, 0.1) is 11.7 Å². The van der Waals surface area contributed by atoms with Crippen molar-refractivity contribution < 1.29 is 28.5 Å². The van der Waals surface area contributed by atoms with Crippen molar-refractivity contribution in [1.29, 1.82) is 0 Å². The Kier molecular flexibility index (Phi) is 7.00. The van der Waals surface area contributed by atoms with Gasteiger partial charge < -0.3 is 18.9 Å². The van der Waals surface area contributed by atoms with Crippen LogP contribution in [0.2, 0.25) is 0 Å². The first kappa shape index (κ1) is 20.0. The van der Waals surface area contributed by atoms with Gasteiger partial charge in [0.2, 0.25) is 6.29 Å². The molecule has 0 amide bonds. The molecule has 0 saturated heterocycles. The molecular weight excluding hydrogens is 348 g/mol. The predicted molar refractivity (Wildman–Crippen MR) is 100.0 cm³/mol. The van der Waals surface area contributed by atoms with Crippen LogP contribution in [-0.2, 0) is 9.53 Å². The molecule has 0 aromatic heterocycles. The van der Waals surface area contributed by atoms with Crippen LogP contribution in [0.4, 0.5) is 0 Å². The average Bonchev–Trinajstić information content (AvgIpc) is 2.63. The maximum atomic E-state index is 12.2. The fourth-order valence-electron chi connectivity index (χ4n) is 2.12. The van der Waals surface area contributed by atoms with E-state index in [0.717, 1.165) is 6.08 Å². The Morgan fingerprint density at radius 1 is 0.852 bits per heavy atom. The topological polar surface area (TPSA) is 71.1 Å². The van der Waals surface area contributed by atoms with Gasteiger partial charge in [0, 0.05) is 13.0 Å². The summed E-state index contributed by atoms with van der Waals surface area (Å²) in [6.07, 6.45) is 0.353. The molecule has 0 bridgehead atoms. The summed E-state index contributed by atoms with van der Waals surface area (Å²) in [5, 5.41) is 0. The molecule has 0 aliphatic carbocycles. The molecule has 142 valence electrons. The summed E-state index contributed by atoms with van der Waals surface area (Å²) in [5.74, 6) is 0.472. The van der Waals surface area contributed by atoms with Gasteiger partial charge in [-0.2, -0.15) is 0 Å². The smallest absolute Gasteiger partial charge is 0.343 e. The molecule has 0 heterocycles. The van der Waals surface area contributed by atoms with Crippen molar-refractivity contribution in [3.63, 3.8) is 0 Å². The Bertz CT molecular complexity index is 777. The fourth-order valence-corrected chi connectivity index (χ4v) is 2.12. The van der Waals surface area contributed by atoms with Crippen LogP contribution >= 0.6 is 0 Å². The third-order valence-corrected chi connectivity index (χ3v) is 3.25. The molecule has 6 nitrogen and oxygen atoms in total. The van der Waals surface area contributed by atoms with Gasteiger partial charge in [0.25, 0.3) is 0 Å². The molecule has 0 fully saturated rings. The number of rotatable bonds is 8. The van der Waals surface area contributed by atoms with Crippen LogP contribution in [0.1, 0.15) is 31.1 Å². The van der Waals surface area contributed by atoms with E-state index < -0.39 is 18.2 Å². The maximum absolute atomic E-state index is 12.2. The molecule has 2 rings (SSSR count). The quantitative estimate of drug-likeness (QED) is 0.301. The lowest BCUT2D eigenvalue weighted by Gasteiger charge is -2.14. The zero-order valence-electron chi connectivity index (χ0n) is 15.5. The molecule has 0 N–H and O–H groups in total. The number of hydrogen-bond acceptors (Lipinski definition) is 6. The molecule has 1 unspecified atom stereocenters. The average molecular weight is 370 g/mol. The Balaban J connectivity index is 1.92. The number of esters is 2. The van der Waals surface area contributed by atoms with Crippen LogP contribution in [0.25, 0.3) is 0 Å². The van der Waals surface area contributed by atoms with Gasteiger partial charge in [-0.15, -0.1) is 0 Å². The van der Waals surface area contributed by atoms with Gasteiger partial charge in [-0.3, -0.25) is 0 Å². The molecule has 0 spiro atoms. The second-order valence-electron chi connectivity index (χ2n) is 5.88. The van der Waals surface area contributed by atoms with Crippen molar-refractivity contribution in [3.05, 3.63) is 66.7 Å². The maximum Gasteiger partial charge on any atom is 0.343 e. The number of carbonyl (C=O) groups is 2. The second kappa shape index (κ2) is 9.43. The molecule has 27 heavy (non-hydrogen) atoms. The first-order chi connectivity index (χ1) is 12.9. The Morgan fingerprint density at radius 3 is 1.93 bits per heavy atom. The van der Waals surface area contributed by atoms with E-state index in [0.29, 0.717) is 22.8 Å². The Labute approximate surface area is 158 Å². The molecule has 0 saturated carbocycles. The van der Waals surface area contributed by atoms with Gasteiger partial charge in [0.1, 0.15) is 17.2 Å². The standard InChI is InChI=1S/C21H22O6/c1-5-20(22)26-15(4)25-18-10-12-19(13-11-18)27-21(23)16-6-8-17(9-7-16)24-14(2)3/h5-15H,1H2,2-4H3. The second-order valence-corrected chi connectivity index (χ2v) is 5.88. The third-order valence-electron chi connectivity index (χ3n) is 3.25. The number of benzene rings is 2. The van der Waals surface area contributed by atoms with E-state index in [1.165, 1.54) is 0 Å². The van der Waals surface area contributed by atoms with E-state index in [9.17, 15) is 9.59 Å². The molecule has 0 aliphatic heterocycles. The summed E-state index contributed by atoms with van der Waals surface area (Å²) in [4.78, 5) is 23.3. The third kappa shape index (κ3) is 6.51. The lowest BCUT2D eigenvalue weighted by Crippen LogP contribution is -2.19. The minimum absolute atomic E-state index is 0.0616. The van der Waals surface area contributed by atoms with Crippen LogP contribution in [0.3, 0.4) is 0 Å². The van der Waals surface area contributed by atoms with E-state index in [-0.39, 0.29) is 6.10 Å². The summed E-state index contributed by atoms with van der Waals surface area (Å²) in [6, 6.07) is 13.1. The highest BCUT2D eigenvalue weighted by molar-refractivity contribution is 5.91. The highest BCUT2D eigenvalue weighted by atomic mass is 16.7. The molecular formula is C21H22O6. The van der Waals surface area contributed by atoms with Crippen LogP contribution < -0.4 is 14.2 Å². The number of ether oxygens (including phenoxy) is 4. The fraction of sp³-hybridized carbons (Fsp3) is 0.238. The van der Waals surface area contributed by atoms with Crippen molar-refractivity contribution in [2.24, 2.45) is 0 Å². The van der Waals surface area contributed by atoms with E-state index in [1.807, 2.05) is 13.8 Å². The molecule has 2 aromatic carbocycles. The Hall–Kier alpha value is -3.28. The summed E-state index contributed by atoms with van der Waals surface area (Å²) < 4.78 is 21.2. The van der Waals surface area contributed by atoms with Gasteiger partial charge in [-0.25, -0.2) is 9.59 Å². The van der Waals surface area contributed by atoms with Crippen LogP contribution in [0.5, 0.6) is 17.2 Å². The van der Waals surface area contributed by atoms with E-state index in [2.05, 4.69) is 6.58 Å². The van der Waals surface area contributed by atoms with Gasteiger partial charge in [-0.1, -0.05) is 6.58 Å². The normalized spacial score (nSPS) is 11.4. The van der Waals surface area contributed by atoms with Crippen LogP contribution in [0.15, 0.2) is 61.2 Å². The van der Waals surface area contributed by atoms with Crippen molar-refractivity contribution in [3.8, 4) is 17.2 Å². The molecule has 0 aliphatic rings. The molecule has 0 radical (unpaired) electrons. The van der Waals surface area contributed by atoms with Crippen LogP contribution in [0, 0.1) is 0 Å². The zero-order valence-corrected chi connectivity index (χ0v) is 15.5. The summed E-state index contributed by atoms with van der Waals surface area (Å²) in [5.41, 5.74) is 0.413. The van der Waals surface area contributed by atoms with Gasteiger partial charge in [-0.05, 0) is 62.4 Å². The van der Waals surface area contributed by atoms with Gasteiger partial charge in [0.15, 0.2) is 0 Å². The lowest BCUT2D eigenvalue weighted by molar-refractivity contribution is -0.154. The number of carbonyl (C=O) groups excluding carboxylic acids is 2. The zero-order chi connectivity index (χ0) is 19.8. The van der Waals surface area contributed by atoms with Crippen molar-refractivity contribution in [2.75, 3.05) is 0 Å².